The maximum atomic E-state index is 5.60. The molecule has 1 aromatic rings. The third-order valence-corrected chi connectivity index (χ3v) is 2.83. The second-order valence-corrected chi connectivity index (χ2v) is 4.90. The van der Waals surface area contributed by atoms with Gasteiger partial charge in [-0.2, -0.15) is 0 Å². The van der Waals surface area contributed by atoms with Gasteiger partial charge in [0.05, 0.1) is 18.8 Å². The van der Waals surface area contributed by atoms with Crippen molar-refractivity contribution in [3.05, 3.63) is 24.0 Å². The van der Waals surface area contributed by atoms with E-state index in [-0.39, 0.29) is 6.10 Å². The summed E-state index contributed by atoms with van der Waals surface area (Å²) in [5.74, 6) is 7.14. The molecule has 4 nitrogen and oxygen atoms in total. The number of aromatic nitrogens is 1. The van der Waals surface area contributed by atoms with Gasteiger partial charge in [0.2, 0.25) is 0 Å². The van der Waals surface area contributed by atoms with Gasteiger partial charge in [0.1, 0.15) is 5.75 Å². The summed E-state index contributed by atoms with van der Waals surface area (Å²) < 4.78 is 5.60. The summed E-state index contributed by atoms with van der Waals surface area (Å²) in [6.45, 7) is 9.08. The maximum absolute atomic E-state index is 5.60. The zero-order valence-electron chi connectivity index (χ0n) is 11.6. The lowest BCUT2D eigenvalue weighted by Crippen LogP contribution is -2.43. The van der Waals surface area contributed by atoms with Crippen molar-refractivity contribution in [2.24, 2.45) is 0 Å². The van der Waals surface area contributed by atoms with E-state index in [1.807, 2.05) is 19.9 Å². The van der Waals surface area contributed by atoms with Crippen LogP contribution in [-0.4, -0.2) is 48.7 Å². The van der Waals surface area contributed by atoms with E-state index in [1.165, 1.54) is 0 Å². The fourth-order valence-electron chi connectivity index (χ4n) is 1.95. The van der Waals surface area contributed by atoms with Gasteiger partial charge in [0, 0.05) is 37.9 Å². The van der Waals surface area contributed by atoms with Crippen LogP contribution < -0.4 is 10.1 Å². The summed E-state index contributed by atoms with van der Waals surface area (Å²) in [6.07, 6.45) is 3.66. The predicted octanol–water partition coefficient (Wildman–Crippen LogP) is 1.13. The van der Waals surface area contributed by atoms with Crippen molar-refractivity contribution < 1.29 is 4.74 Å². The molecule has 19 heavy (non-hydrogen) atoms. The molecule has 0 aliphatic carbocycles. The van der Waals surface area contributed by atoms with Gasteiger partial charge in [-0.25, -0.2) is 0 Å². The zero-order chi connectivity index (χ0) is 13.5. The fourth-order valence-corrected chi connectivity index (χ4v) is 1.95. The highest BCUT2D eigenvalue weighted by molar-refractivity contribution is 5.37. The minimum Gasteiger partial charge on any atom is -0.489 e. The first-order chi connectivity index (χ1) is 9.24. The Morgan fingerprint density at radius 3 is 2.89 bits per heavy atom. The lowest BCUT2D eigenvalue weighted by Gasteiger charge is -2.24. The van der Waals surface area contributed by atoms with Crippen LogP contribution in [0.1, 0.15) is 19.4 Å². The molecule has 1 fully saturated rings. The van der Waals surface area contributed by atoms with Crippen molar-refractivity contribution in [2.75, 3.05) is 32.7 Å². The highest BCUT2D eigenvalue weighted by atomic mass is 16.5. The minimum atomic E-state index is 0.158. The Morgan fingerprint density at radius 1 is 1.37 bits per heavy atom. The number of piperazine rings is 1. The summed E-state index contributed by atoms with van der Waals surface area (Å²) in [4.78, 5) is 6.50. The first kappa shape index (κ1) is 13.9. The van der Waals surface area contributed by atoms with Crippen molar-refractivity contribution in [3.8, 4) is 17.6 Å². The number of ether oxygens (including phenoxy) is 1. The quantitative estimate of drug-likeness (QED) is 0.826. The van der Waals surface area contributed by atoms with Crippen LogP contribution in [0.3, 0.4) is 0 Å². The van der Waals surface area contributed by atoms with Crippen LogP contribution in [0.15, 0.2) is 18.5 Å². The summed E-state index contributed by atoms with van der Waals surface area (Å²) >= 11 is 0. The van der Waals surface area contributed by atoms with Crippen LogP contribution in [0.5, 0.6) is 5.75 Å². The largest absolute Gasteiger partial charge is 0.489 e. The molecule has 2 rings (SSSR count). The molecule has 0 aromatic carbocycles. The molecule has 0 spiro atoms. The second-order valence-electron chi connectivity index (χ2n) is 4.90. The van der Waals surface area contributed by atoms with Gasteiger partial charge < -0.3 is 10.1 Å². The Balaban J connectivity index is 1.91. The first-order valence-corrected chi connectivity index (χ1v) is 6.77. The molecule has 0 unspecified atom stereocenters. The fraction of sp³-hybridized carbons (Fsp3) is 0.533. The van der Waals surface area contributed by atoms with Crippen LogP contribution in [-0.2, 0) is 0 Å². The van der Waals surface area contributed by atoms with E-state index in [1.54, 1.807) is 12.4 Å². The third-order valence-electron chi connectivity index (χ3n) is 2.83. The Hall–Kier alpha value is -1.57. The number of hydrogen-bond acceptors (Lipinski definition) is 4. The van der Waals surface area contributed by atoms with Gasteiger partial charge in [-0.1, -0.05) is 11.8 Å². The van der Waals surface area contributed by atoms with Crippen LogP contribution >= 0.6 is 0 Å². The van der Waals surface area contributed by atoms with Gasteiger partial charge in [-0.05, 0) is 19.9 Å². The van der Waals surface area contributed by atoms with Crippen molar-refractivity contribution >= 4 is 0 Å². The number of nitrogens with zero attached hydrogens (tertiary/aromatic N) is 2. The standard InChI is InChI=1S/C15H21N3O/c1-13(2)19-15-10-14(11-17-12-15)4-3-7-18-8-5-16-6-9-18/h10-13,16H,5-9H2,1-2H3. The predicted molar refractivity (Wildman–Crippen MR) is 76.2 cm³/mol. The van der Waals surface area contributed by atoms with Crippen molar-refractivity contribution in [2.45, 2.75) is 20.0 Å². The number of hydrogen-bond donors (Lipinski definition) is 1. The second kappa shape index (κ2) is 7.13. The van der Waals surface area contributed by atoms with Gasteiger partial charge in [-0.3, -0.25) is 9.88 Å². The molecule has 1 saturated heterocycles. The van der Waals surface area contributed by atoms with Crippen LogP contribution in [0.25, 0.3) is 0 Å². The van der Waals surface area contributed by atoms with Gasteiger partial charge in [-0.15, -0.1) is 0 Å². The molecule has 1 aromatic heterocycles. The summed E-state index contributed by atoms with van der Waals surface area (Å²) in [6, 6.07) is 1.94. The molecule has 1 aliphatic rings. The number of rotatable bonds is 3. The Labute approximate surface area is 115 Å². The molecule has 0 saturated carbocycles. The van der Waals surface area contributed by atoms with Gasteiger partial charge >= 0.3 is 0 Å². The smallest absolute Gasteiger partial charge is 0.139 e. The zero-order valence-corrected chi connectivity index (χ0v) is 11.6. The molecule has 102 valence electrons. The van der Waals surface area contributed by atoms with E-state index in [2.05, 4.69) is 27.0 Å². The lowest BCUT2D eigenvalue weighted by atomic mass is 10.2. The topological polar surface area (TPSA) is 37.4 Å². The molecule has 2 heterocycles. The average Bonchev–Trinajstić information content (AvgIpc) is 2.40. The molecule has 0 atom stereocenters. The normalized spacial score (nSPS) is 15.9. The maximum Gasteiger partial charge on any atom is 0.139 e. The van der Waals surface area contributed by atoms with Gasteiger partial charge in [0.15, 0.2) is 0 Å². The lowest BCUT2D eigenvalue weighted by molar-refractivity contribution is 0.241. The van der Waals surface area contributed by atoms with Crippen molar-refractivity contribution in [3.63, 3.8) is 0 Å². The minimum absolute atomic E-state index is 0.158. The molecule has 0 bridgehead atoms. The van der Waals surface area contributed by atoms with E-state index in [0.29, 0.717) is 0 Å². The first-order valence-electron chi connectivity index (χ1n) is 6.77. The van der Waals surface area contributed by atoms with Crippen molar-refractivity contribution in [1.29, 1.82) is 0 Å². The van der Waals surface area contributed by atoms with Gasteiger partial charge in [0.25, 0.3) is 0 Å². The highest BCUT2D eigenvalue weighted by Crippen LogP contribution is 2.12. The molecule has 1 N–H and O–H groups in total. The van der Waals surface area contributed by atoms with E-state index in [4.69, 9.17) is 4.74 Å². The highest BCUT2D eigenvalue weighted by Gasteiger charge is 2.06. The van der Waals surface area contributed by atoms with Crippen LogP contribution in [0.4, 0.5) is 0 Å². The Kier molecular flexibility index (Phi) is 5.20. The Morgan fingerprint density at radius 2 is 2.16 bits per heavy atom. The molecule has 4 heteroatoms. The van der Waals surface area contributed by atoms with Crippen LogP contribution in [0.2, 0.25) is 0 Å². The summed E-state index contributed by atoms with van der Waals surface area (Å²) in [5, 5.41) is 3.33. The molecule has 0 radical (unpaired) electrons. The molecule has 0 amide bonds. The van der Waals surface area contributed by atoms with E-state index < -0.39 is 0 Å². The van der Waals surface area contributed by atoms with E-state index in [0.717, 1.165) is 44.0 Å². The van der Waals surface area contributed by atoms with Crippen LogP contribution in [0, 0.1) is 11.8 Å². The van der Waals surface area contributed by atoms with Crippen molar-refractivity contribution in [1.82, 2.24) is 15.2 Å². The summed E-state index contributed by atoms with van der Waals surface area (Å²) in [5.41, 5.74) is 0.910. The average molecular weight is 259 g/mol. The Bertz CT molecular complexity index is 456. The summed E-state index contributed by atoms with van der Waals surface area (Å²) in [7, 11) is 0. The third kappa shape index (κ3) is 4.90. The number of pyridine rings is 1. The van der Waals surface area contributed by atoms with E-state index >= 15 is 0 Å². The molecular formula is C15H21N3O. The molecular weight excluding hydrogens is 238 g/mol. The molecule has 1 aliphatic heterocycles. The van der Waals surface area contributed by atoms with E-state index in [9.17, 15) is 0 Å². The monoisotopic (exact) mass is 259 g/mol. The SMILES string of the molecule is CC(C)Oc1cncc(C#CCN2CCNCC2)c1. The number of nitrogens with one attached hydrogen (secondary N) is 1.